The van der Waals surface area contributed by atoms with Crippen LogP contribution in [0.25, 0.3) is 0 Å². The Balaban J connectivity index is 2.01. The van der Waals surface area contributed by atoms with Crippen LogP contribution in [0.15, 0.2) is 30.3 Å². The van der Waals surface area contributed by atoms with Crippen molar-refractivity contribution in [2.24, 2.45) is 10.8 Å². The molecule has 2 heterocycles. The van der Waals surface area contributed by atoms with Crippen LogP contribution in [0.5, 0.6) is 0 Å². The third-order valence-electron chi connectivity index (χ3n) is 3.89. The predicted octanol–water partition coefficient (Wildman–Crippen LogP) is 3.67. The van der Waals surface area contributed by atoms with E-state index < -0.39 is 7.51 Å². The Morgan fingerprint density at radius 1 is 0.714 bits per heavy atom. The second kappa shape index (κ2) is 4.74. The van der Waals surface area contributed by atoms with Gasteiger partial charge >= 0.3 is 126 Å². The molecule has 1 spiro atoms. The van der Waals surface area contributed by atoms with Crippen molar-refractivity contribution in [3.8, 4) is 0 Å². The zero-order valence-electron chi connectivity index (χ0n) is 13.3. The quantitative estimate of drug-likeness (QED) is 0.741. The van der Waals surface area contributed by atoms with Gasteiger partial charge in [0.2, 0.25) is 0 Å². The first kappa shape index (κ1) is 15.4. The summed E-state index contributed by atoms with van der Waals surface area (Å²) >= 11 is 0. The van der Waals surface area contributed by atoms with Gasteiger partial charge in [-0.15, -0.1) is 0 Å². The van der Waals surface area contributed by atoms with Gasteiger partial charge in [-0.3, -0.25) is 0 Å². The SMILES string of the molecule is CC1(C)COP2(c3ccccc3)(OC1)OCC(C)(C)CO2. The Kier molecular flexibility index (Phi) is 3.47. The molecule has 0 aromatic heterocycles. The first-order valence-corrected chi connectivity index (χ1v) is 9.34. The molecule has 21 heavy (non-hydrogen) atoms. The fourth-order valence-corrected chi connectivity index (χ4v) is 6.41. The fourth-order valence-electron chi connectivity index (χ4n) is 2.42. The maximum atomic E-state index is 6.25. The molecule has 0 saturated carbocycles. The van der Waals surface area contributed by atoms with Crippen LogP contribution in [0, 0.1) is 10.8 Å². The molecular formula is C16H25O4P. The molecule has 0 bridgehead atoms. The number of hydrogen-bond acceptors (Lipinski definition) is 4. The van der Waals surface area contributed by atoms with Crippen LogP contribution in [-0.4, -0.2) is 26.4 Å². The van der Waals surface area contributed by atoms with Gasteiger partial charge < -0.3 is 0 Å². The van der Waals surface area contributed by atoms with E-state index in [-0.39, 0.29) is 10.8 Å². The first-order chi connectivity index (χ1) is 9.75. The topological polar surface area (TPSA) is 36.9 Å². The van der Waals surface area contributed by atoms with Crippen molar-refractivity contribution < 1.29 is 18.1 Å². The standard InChI is InChI=1S/C16H25O4P/c1-15(2)10-17-21(18-11-15,14-8-6-5-7-9-14)19-12-16(3,4)13-20-21/h5-9H,10-13H2,1-4H3. The van der Waals surface area contributed by atoms with Crippen LogP contribution in [0.2, 0.25) is 0 Å². The van der Waals surface area contributed by atoms with Gasteiger partial charge in [-0.2, -0.15) is 0 Å². The van der Waals surface area contributed by atoms with Crippen LogP contribution < -0.4 is 5.30 Å². The van der Waals surface area contributed by atoms with Crippen LogP contribution in [0.1, 0.15) is 27.7 Å². The van der Waals surface area contributed by atoms with E-state index in [0.717, 1.165) is 5.30 Å². The van der Waals surface area contributed by atoms with Gasteiger partial charge in [0.05, 0.1) is 0 Å². The van der Waals surface area contributed by atoms with Crippen molar-refractivity contribution in [2.75, 3.05) is 26.4 Å². The number of hydrogen-bond donors (Lipinski definition) is 0. The molecule has 118 valence electrons. The predicted molar refractivity (Wildman–Crippen MR) is 84.4 cm³/mol. The Labute approximate surface area is 127 Å². The monoisotopic (exact) mass is 312 g/mol. The van der Waals surface area contributed by atoms with E-state index in [9.17, 15) is 0 Å². The molecule has 1 aromatic carbocycles. The molecule has 5 heteroatoms. The van der Waals surface area contributed by atoms with Crippen LogP contribution in [-0.2, 0) is 18.1 Å². The summed E-state index contributed by atoms with van der Waals surface area (Å²) in [6.45, 7) is 10.8. The third-order valence-corrected chi connectivity index (χ3v) is 7.33. The molecule has 4 nitrogen and oxygen atoms in total. The van der Waals surface area contributed by atoms with Crippen molar-refractivity contribution in [1.29, 1.82) is 0 Å². The van der Waals surface area contributed by atoms with E-state index >= 15 is 0 Å². The summed E-state index contributed by atoms with van der Waals surface area (Å²) in [5.74, 6) is 0. The molecule has 0 aliphatic carbocycles. The molecule has 2 aliphatic heterocycles. The summed E-state index contributed by atoms with van der Waals surface area (Å²) in [6, 6.07) is 9.87. The van der Waals surface area contributed by atoms with Crippen molar-refractivity contribution in [1.82, 2.24) is 0 Å². The van der Waals surface area contributed by atoms with E-state index in [1.54, 1.807) is 0 Å². The van der Waals surface area contributed by atoms with Crippen LogP contribution >= 0.6 is 7.51 Å². The van der Waals surface area contributed by atoms with Gasteiger partial charge in [0.25, 0.3) is 0 Å². The first-order valence-electron chi connectivity index (χ1n) is 7.43. The molecule has 2 saturated heterocycles. The van der Waals surface area contributed by atoms with Crippen LogP contribution in [0.4, 0.5) is 0 Å². The van der Waals surface area contributed by atoms with E-state index in [1.165, 1.54) is 0 Å². The molecule has 0 unspecified atom stereocenters. The van der Waals surface area contributed by atoms with Crippen molar-refractivity contribution in [3.05, 3.63) is 30.3 Å². The molecule has 3 rings (SSSR count). The van der Waals surface area contributed by atoms with Crippen molar-refractivity contribution >= 4 is 12.8 Å². The van der Waals surface area contributed by atoms with E-state index in [2.05, 4.69) is 27.7 Å². The maximum absolute atomic E-state index is 6.25. The summed E-state index contributed by atoms with van der Waals surface area (Å²) in [6.07, 6.45) is 0. The molecule has 2 aliphatic rings. The average Bonchev–Trinajstić information content (AvgIpc) is 2.47. The Morgan fingerprint density at radius 3 is 1.48 bits per heavy atom. The summed E-state index contributed by atoms with van der Waals surface area (Å²) in [7, 11) is -3.66. The molecule has 1 aromatic rings. The minimum absolute atomic E-state index is 0.0301. The average molecular weight is 312 g/mol. The molecule has 2 fully saturated rings. The summed E-state index contributed by atoms with van der Waals surface area (Å²) < 4.78 is 25.0. The van der Waals surface area contributed by atoms with Crippen LogP contribution in [0.3, 0.4) is 0 Å². The van der Waals surface area contributed by atoms with Gasteiger partial charge in [0.15, 0.2) is 0 Å². The van der Waals surface area contributed by atoms with Gasteiger partial charge in [-0.05, 0) is 0 Å². The van der Waals surface area contributed by atoms with Gasteiger partial charge in [0, 0.05) is 0 Å². The third kappa shape index (κ3) is 2.64. The van der Waals surface area contributed by atoms with Gasteiger partial charge in [-0.1, -0.05) is 0 Å². The molecular weight excluding hydrogens is 287 g/mol. The molecule has 0 amide bonds. The van der Waals surface area contributed by atoms with Crippen molar-refractivity contribution in [2.45, 2.75) is 27.7 Å². The second-order valence-electron chi connectivity index (χ2n) is 7.57. The van der Waals surface area contributed by atoms with Crippen molar-refractivity contribution in [3.63, 3.8) is 0 Å². The van der Waals surface area contributed by atoms with Gasteiger partial charge in [0.1, 0.15) is 0 Å². The fraction of sp³-hybridized carbons (Fsp3) is 0.625. The Morgan fingerprint density at radius 2 is 1.10 bits per heavy atom. The minimum atomic E-state index is -3.66. The normalized spacial score (nSPS) is 31.1. The molecule has 0 N–H and O–H groups in total. The molecule has 0 atom stereocenters. The zero-order chi connectivity index (χ0) is 15.2. The van der Waals surface area contributed by atoms with E-state index in [0.29, 0.717) is 26.4 Å². The number of rotatable bonds is 1. The second-order valence-corrected chi connectivity index (χ2v) is 10.7. The molecule has 0 radical (unpaired) electrons. The summed E-state index contributed by atoms with van der Waals surface area (Å²) in [4.78, 5) is 0. The summed E-state index contributed by atoms with van der Waals surface area (Å²) in [5.41, 5.74) is -0.0603. The Hall–Kier alpha value is -0.510. The van der Waals surface area contributed by atoms with E-state index in [1.807, 2.05) is 30.3 Å². The number of benzene rings is 1. The summed E-state index contributed by atoms with van der Waals surface area (Å²) in [5, 5.41) is 0.884. The van der Waals surface area contributed by atoms with Gasteiger partial charge in [-0.25, -0.2) is 0 Å². The van der Waals surface area contributed by atoms with E-state index in [4.69, 9.17) is 18.1 Å². The zero-order valence-corrected chi connectivity index (χ0v) is 14.2. The Bertz CT molecular complexity index is 471.